The number of carbonyl (C=O) groups is 3. The molecule has 3 aliphatic rings. The summed E-state index contributed by atoms with van der Waals surface area (Å²) in [7, 11) is 0. The van der Waals surface area contributed by atoms with E-state index in [1.165, 1.54) is 11.0 Å². The number of hydrogen-bond donors (Lipinski definition) is 3. The van der Waals surface area contributed by atoms with Crippen molar-refractivity contribution in [3.8, 4) is 5.75 Å². The summed E-state index contributed by atoms with van der Waals surface area (Å²) in [6.07, 6.45) is -0.723. The number of amides is 2. The second-order valence-corrected chi connectivity index (χ2v) is 12.2. The molecule has 0 spiro atoms. The maximum Gasteiger partial charge on any atom is 0.490 e. The Morgan fingerprint density at radius 2 is 1.86 bits per heavy atom. The zero-order valence-corrected chi connectivity index (χ0v) is 24.3. The van der Waals surface area contributed by atoms with E-state index in [2.05, 4.69) is 15.3 Å². The Balaban J connectivity index is 0.000000566. The number of ether oxygens (including phenoxy) is 1. The molecule has 238 valence electrons. The Kier molecular flexibility index (Phi) is 8.64. The molecule has 1 aliphatic carbocycles. The number of carbonyl (C=O) groups excluding carboxylic acids is 2. The van der Waals surface area contributed by atoms with Gasteiger partial charge in [-0.2, -0.15) is 13.2 Å². The van der Waals surface area contributed by atoms with Gasteiger partial charge in [-0.05, 0) is 57.7 Å². The summed E-state index contributed by atoms with van der Waals surface area (Å²) >= 11 is 0. The first-order valence-corrected chi connectivity index (χ1v) is 13.7. The van der Waals surface area contributed by atoms with Crippen LogP contribution in [0.1, 0.15) is 70.2 Å². The molecule has 0 saturated heterocycles. The molecule has 1 fully saturated rings. The van der Waals surface area contributed by atoms with Gasteiger partial charge >= 0.3 is 12.1 Å². The molecule has 0 bridgehead atoms. The highest BCUT2D eigenvalue weighted by Crippen LogP contribution is 2.51. The van der Waals surface area contributed by atoms with Gasteiger partial charge in [0.1, 0.15) is 11.4 Å². The maximum absolute atomic E-state index is 14.5. The topological polar surface area (TPSA) is 147 Å². The molecular formula is C29H32F5N5O5. The average molecular weight is 626 g/mol. The fraction of sp³-hybridized carbons (Fsp3) is 0.483. The van der Waals surface area contributed by atoms with Crippen molar-refractivity contribution in [2.24, 2.45) is 22.6 Å². The molecule has 2 amide bonds. The van der Waals surface area contributed by atoms with Crippen LogP contribution in [0, 0.1) is 23.5 Å². The number of guanidine groups is 1. The lowest BCUT2D eigenvalue weighted by Crippen LogP contribution is -2.52. The predicted octanol–water partition coefficient (Wildman–Crippen LogP) is 4.41. The predicted molar refractivity (Wildman–Crippen MR) is 146 cm³/mol. The lowest BCUT2D eigenvalue weighted by atomic mass is 9.89. The van der Waals surface area contributed by atoms with Crippen LogP contribution in [0.25, 0.3) is 0 Å². The number of benzene rings is 1. The van der Waals surface area contributed by atoms with Gasteiger partial charge in [0.2, 0.25) is 11.8 Å². The highest BCUT2D eigenvalue weighted by Gasteiger charge is 2.53. The molecule has 2 aromatic rings. The van der Waals surface area contributed by atoms with Crippen LogP contribution < -0.4 is 15.8 Å². The van der Waals surface area contributed by atoms with Gasteiger partial charge in [0.25, 0.3) is 0 Å². The smallest absolute Gasteiger partial charge is 0.484 e. The van der Waals surface area contributed by atoms with E-state index in [-0.39, 0.29) is 41.4 Å². The number of aliphatic imine (C=N–C) groups is 1. The highest BCUT2D eigenvalue weighted by atomic mass is 19.4. The van der Waals surface area contributed by atoms with E-state index >= 15 is 0 Å². The van der Waals surface area contributed by atoms with E-state index in [1.807, 2.05) is 19.9 Å². The molecule has 10 nitrogen and oxygen atoms in total. The summed E-state index contributed by atoms with van der Waals surface area (Å²) in [5, 5.41) is 10.1. The van der Waals surface area contributed by atoms with E-state index in [9.17, 15) is 31.5 Å². The molecule has 1 aromatic carbocycles. The molecule has 4 N–H and O–H groups in total. The summed E-state index contributed by atoms with van der Waals surface area (Å²) in [6.45, 7) is 7.28. The Morgan fingerprint density at radius 3 is 2.43 bits per heavy atom. The number of halogens is 5. The molecule has 44 heavy (non-hydrogen) atoms. The highest BCUT2D eigenvalue weighted by molar-refractivity contribution is 5.99. The Bertz CT molecular complexity index is 1480. The van der Waals surface area contributed by atoms with Gasteiger partial charge in [0, 0.05) is 36.4 Å². The number of nitrogens with zero attached hydrogens (tertiary/aromatic N) is 3. The molecule has 5 rings (SSSR count). The van der Waals surface area contributed by atoms with E-state index < -0.39 is 52.9 Å². The van der Waals surface area contributed by atoms with Crippen LogP contribution in [-0.4, -0.2) is 56.0 Å². The van der Waals surface area contributed by atoms with Gasteiger partial charge in [-0.1, -0.05) is 6.07 Å². The molecule has 3 heterocycles. The zero-order valence-electron chi connectivity index (χ0n) is 24.3. The largest absolute Gasteiger partial charge is 0.490 e. The maximum atomic E-state index is 14.5. The van der Waals surface area contributed by atoms with Crippen LogP contribution in [-0.2, 0) is 14.4 Å². The monoisotopic (exact) mass is 625 g/mol. The second-order valence-electron chi connectivity index (χ2n) is 12.2. The third-order valence-electron chi connectivity index (χ3n) is 7.45. The van der Waals surface area contributed by atoms with E-state index in [0.29, 0.717) is 12.8 Å². The van der Waals surface area contributed by atoms with Crippen LogP contribution in [0.4, 0.5) is 22.0 Å². The van der Waals surface area contributed by atoms with Gasteiger partial charge in [0.15, 0.2) is 17.5 Å². The van der Waals surface area contributed by atoms with Gasteiger partial charge in [-0.15, -0.1) is 0 Å². The molecule has 2 aliphatic heterocycles. The fourth-order valence-electron chi connectivity index (χ4n) is 5.56. The number of nitrogens with one attached hydrogen (secondary N) is 1. The zero-order chi connectivity index (χ0) is 32.8. The third-order valence-corrected chi connectivity index (χ3v) is 7.45. The van der Waals surface area contributed by atoms with Crippen molar-refractivity contribution in [2.75, 3.05) is 0 Å². The number of carboxylic acids is 1. The third kappa shape index (κ3) is 7.25. The van der Waals surface area contributed by atoms with Gasteiger partial charge in [-0.25, -0.2) is 18.6 Å². The Hall–Kier alpha value is -4.30. The summed E-state index contributed by atoms with van der Waals surface area (Å²) in [5.74, 6) is -5.28. The van der Waals surface area contributed by atoms with E-state index in [4.69, 9.17) is 20.4 Å². The summed E-state index contributed by atoms with van der Waals surface area (Å²) in [5.41, 5.74) is 5.95. The number of pyridine rings is 1. The van der Waals surface area contributed by atoms with Crippen molar-refractivity contribution in [3.63, 3.8) is 0 Å². The van der Waals surface area contributed by atoms with E-state index in [0.717, 1.165) is 11.6 Å². The second kappa shape index (κ2) is 11.7. The van der Waals surface area contributed by atoms with Crippen molar-refractivity contribution < 1.29 is 46.2 Å². The minimum atomic E-state index is -5.08. The number of rotatable bonds is 5. The molecule has 15 heteroatoms. The first kappa shape index (κ1) is 32.6. The first-order valence-electron chi connectivity index (χ1n) is 13.7. The number of carboxylic acid groups (broad SMARTS) is 1. The lowest BCUT2D eigenvalue weighted by molar-refractivity contribution is -0.192. The van der Waals surface area contributed by atoms with Crippen LogP contribution in [0.2, 0.25) is 0 Å². The molecule has 1 aromatic heterocycles. The van der Waals surface area contributed by atoms with Crippen LogP contribution in [0.5, 0.6) is 5.75 Å². The van der Waals surface area contributed by atoms with Crippen LogP contribution >= 0.6 is 0 Å². The number of aliphatic carboxylic acids is 1. The molecule has 1 saturated carbocycles. The molecule has 1 unspecified atom stereocenters. The van der Waals surface area contributed by atoms with Crippen molar-refractivity contribution in [2.45, 2.75) is 76.4 Å². The van der Waals surface area contributed by atoms with Crippen molar-refractivity contribution >= 4 is 23.7 Å². The SMILES string of the molecule is CC1(C)CC(=O)N([C@H](c2cccnc2)[C@@H]2C[C@H]2C(=O)NC2CC(C)(C)Oc3c(F)cc(F)cc32)C(N)=N1.O=C(O)C(F)(F)F. The quantitative estimate of drug-likeness (QED) is 0.417. The van der Waals surface area contributed by atoms with Crippen molar-refractivity contribution in [1.29, 1.82) is 0 Å². The molecule has 4 atom stereocenters. The van der Waals surface area contributed by atoms with Gasteiger partial charge in [0.05, 0.1) is 24.0 Å². The van der Waals surface area contributed by atoms with Gasteiger partial charge < -0.3 is 20.9 Å². The summed E-state index contributed by atoms with van der Waals surface area (Å²) in [4.78, 5) is 45.7. The Labute approximate surface area is 249 Å². The first-order chi connectivity index (χ1) is 20.3. The van der Waals surface area contributed by atoms with Crippen LogP contribution in [0.15, 0.2) is 41.7 Å². The van der Waals surface area contributed by atoms with Crippen molar-refractivity contribution in [3.05, 3.63) is 59.4 Å². The number of nitrogens with two attached hydrogens (primary N) is 1. The summed E-state index contributed by atoms with van der Waals surface area (Å²) < 4.78 is 66.0. The minimum Gasteiger partial charge on any atom is -0.484 e. The molecular weight excluding hydrogens is 593 g/mol. The number of aromatic nitrogens is 1. The van der Waals surface area contributed by atoms with Crippen molar-refractivity contribution in [1.82, 2.24) is 15.2 Å². The number of fused-ring (bicyclic) bond motifs is 1. The number of alkyl halides is 3. The number of hydrogen-bond acceptors (Lipinski definition) is 7. The molecule has 0 radical (unpaired) electrons. The standard InChI is InChI=1S/C27H31F2N5O3.C2HF3O2/c1-26(2)12-21(35)34(25(30)33-26)22(14-6-5-7-31-13-14)16-10-17(16)24(36)32-20-11-27(3,4)37-23-18(20)8-15(28)9-19(23)29;3-2(4,5)1(6)7/h5-9,13,16-17,20,22H,10-12H2,1-4H3,(H2,30,33)(H,32,36);(H,6,7)/t16-,17-,20?,22-;/m1./s1. The average Bonchev–Trinajstić information content (AvgIpc) is 3.67. The Morgan fingerprint density at radius 1 is 1.20 bits per heavy atom. The van der Waals surface area contributed by atoms with Crippen LogP contribution in [0.3, 0.4) is 0 Å². The normalized spacial score (nSPS) is 24.0. The van der Waals surface area contributed by atoms with E-state index in [1.54, 1.807) is 32.3 Å². The van der Waals surface area contributed by atoms with Gasteiger partial charge in [-0.3, -0.25) is 19.5 Å². The summed E-state index contributed by atoms with van der Waals surface area (Å²) in [6, 6.07) is 4.47. The lowest BCUT2D eigenvalue weighted by Gasteiger charge is -2.38. The minimum absolute atomic E-state index is 0.0472. The fourth-order valence-corrected chi connectivity index (χ4v) is 5.56.